The van der Waals surface area contributed by atoms with E-state index in [0.29, 0.717) is 12.1 Å². The lowest BCUT2D eigenvalue weighted by Gasteiger charge is -2.28. The van der Waals surface area contributed by atoms with E-state index in [2.05, 4.69) is 5.73 Å². The molecule has 1 rings (SSSR count). The number of carbonyl (C=O) groups is 2. The molecule has 0 atom stereocenters. The Kier molecular flexibility index (Phi) is 8.66. The third-order valence-corrected chi connectivity index (χ3v) is 3.07. The number of rotatable bonds is 7. The van der Waals surface area contributed by atoms with Gasteiger partial charge < -0.3 is 27.6 Å². The fraction of sp³-hybridized carbons (Fsp3) is 0.467. The first-order valence-corrected chi connectivity index (χ1v) is 6.82. The maximum Gasteiger partial charge on any atom is 0.328 e. The number of hydrogen-bond donors (Lipinski definition) is 1. The minimum absolute atomic E-state index is 0. The molecule has 0 bridgehead atoms. The van der Waals surface area contributed by atoms with Gasteiger partial charge in [0.2, 0.25) is 0 Å². The highest BCUT2D eigenvalue weighted by Gasteiger charge is 2.50. The highest BCUT2D eigenvalue weighted by Crippen LogP contribution is 2.31. The summed E-state index contributed by atoms with van der Waals surface area (Å²) in [5.41, 5.74) is 2.93. The molecule has 0 radical (unpaired) electrons. The number of ether oxygens (including phenoxy) is 2. The van der Waals surface area contributed by atoms with Crippen molar-refractivity contribution in [3.8, 4) is 0 Å². The summed E-state index contributed by atoms with van der Waals surface area (Å²) >= 11 is 0. The van der Waals surface area contributed by atoms with Gasteiger partial charge in [0.05, 0.1) is 19.8 Å². The van der Waals surface area contributed by atoms with E-state index in [-0.39, 0.29) is 32.0 Å². The Hall–Kier alpha value is -1.59. The van der Waals surface area contributed by atoms with E-state index in [0.717, 1.165) is 0 Å². The van der Waals surface area contributed by atoms with Gasteiger partial charge in [0.15, 0.2) is 5.41 Å². The lowest BCUT2D eigenvalue weighted by Crippen LogP contribution is -3.00. The maximum atomic E-state index is 12.4. The van der Waals surface area contributed by atoms with Crippen LogP contribution in [0.4, 0.5) is 0 Å². The van der Waals surface area contributed by atoms with E-state index in [1.54, 1.807) is 38.1 Å². The molecule has 0 aromatic heterocycles. The third kappa shape index (κ3) is 4.19. The minimum atomic E-state index is -1.42. The number of esters is 2. The van der Waals surface area contributed by atoms with Crippen LogP contribution in [-0.2, 0) is 24.5 Å². The molecule has 1 aromatic rings. The highest BCUT2D eigenvalue weighted by molar-refractivity contribution is 6.06. The molecule has 5 nitrogen and oxygen atoms in total. The van der Waals surface area contributed by atoms with Crippen molar-refractivity contribution in [2.24, 2.45) is 0 Å². The molecule has 3 N–H and O–H groups in total. The van der Waals surface area contributed by atoms with Gasteiger partial charge in [-0.3, -0.25) is 9.59 Å². The Labute approximate surface area is 131 Å². The van der Waals surface area contributed by atoms with Gasteiger partial charge in [-0.25, -0.2) is 0 Å². The van der Waals surface area contributed by atoms with E-state index in [4.69, 9.17) is 9.47 Å². The largest absolute Gasteiger partial charge is 1.00 e. The molecule has 21 heavy (non-hydrogen) atoms. The molecular formula is C15H22ClNO4. The summed E-state index contributed by atoms with van der Waals surface area (Å²) in [6.07, 6.45) is 0.259. The van der Waals surface area contributed by atoms with Crippen molar-refractivity contribution < 1.29 is 37.2 Å². The summed E-state index contributed by atoms with van der Waals surface area (Å²) in [4.78, 5) is 24.8. The molecule has 0 aliphatic heterocycles. The van der Waals surface area contributed by atoms with E-state index >= 15 is 0 Å². The van der Waals surface area contributed by atoms with Crippen molar-refractivity contribution in [3.05, 3.63) is 35.9 Å². The summed E-state index contributed by atoms with van der Waals surface area (Å²) in [7, 11) is 0. The molecular weight excluding hydrogens is 294 g/mol. The van der Waals surface area contributed by atoms with Crippen LogP contribution in [0.5, 0.6) is 0 Å². The SMILES string of the molecule is CCOC(=O)C(CC[NH3+])(C(=O)OCC)c1ccccc1.[Cl-]. The van der Waals surface area contributed by atoms with E-state index in [1.807, 2.05) is 6.07 Å². The second-order valence-corrected chi connectivity index (χ2v) is 4.32. The van der Waals surface area contributed by atoms with Gasteiger partial charge in [-0.05, 0) is 19.4 Å². The first-order valence-electron chi connectivity index (χ1n) is 6.82. The molecule has 0 heterocycles. The standard InChI is InChI=1S/C15H21NO4.ClH/c1-3-19-13(17)15(10-11-16,14(18)20-4-2)12-8-6-5-7-9-12;/h5-9H,3-4,10-11,16H2,1-2H3;1H. The van der Waals surface area contributed by atoms with Gasteiger partial charge in [0, 0.05) is 6.42 Å². The topological polar surface area (TPSA) is 80.2 Å². The first kappa shape index (κ1) is 19.4. The Balaban J connectivity index is 0.00000400. The molecule has 1 aromatic carbocycles. The quantitative estimate of drug-likeness (QED) is 0.453. The van der Waals surface area contributed by atoms with Gasteiger partial charge in [-0.15, -0.1) is 0 Å². The zero-order valence-electron chi connectivity index (χ0n) is 12.4. The fourth-order valence-electron chi connectivity index (χ4n) is 2.16. The second kappa shape index (κ2) is 9.37. The molecule has 0 unspecified atom stereocenters. The van der Waals surface area contributed by atoms with Gasteiger partial charge in [0.25, 0.3) is 0 Å². The number of quaternary nitrogens is 1. The van der Waals surface area contributed by atoms with Crippen LogP contribution in [0.2, 0.25) is 0 Å². The van der Waals surface area contributed by atoms with E-state index in [9.17, 15) is 9.59 Å². The number of carbonyl (C=O) groups excluding carboxylic acids is 2. The van der Waals surface area contributed by atoms with Crippen molar-refractivity contribution in [1.29, 1.82) is 0 Å². The Morgan fingerprint density at radius 1 is 1.05 bits per heavy atom. The Bertz CT molecular complexity index is 432. The van der Waals surface area contributed by atoms with Crippen molar-refractivity contribution in [2.75, 3.05) is 19.8 Å². The summed E-state index contributed by atoms with van der Waals surface area (Å²) in [6, 6.07) is 8.87. The smallest absolute Gasteiger partial charge is 0.328 e. The maximum absolute atomic E-state index is 12.4. The molecule has 0 amide bonds. The van der Waals surface area contributed by atoms with E-state index in [1.165, 1.54) is 0 Å². The van der Waals surface area contributed by atoms with Crippen LogP contribution in [0, 0.1) is 0 Å². The summed E-state index contributed by atoms with van der Waals surface area (Å²) in [5.74, 6) is -1.15. The Morgan fingerprint density at radius 3 is 1.90 bits per heavy atom. The number of benzene rings is 1. The normalized spacial score (nSPS) is 10.4. The van der Waals surface area contributed by atoms with E-state index < -0.39 is 17.4 Å². The molecule has 0 aliphatic carbocycles. The molecule has 0 spiro atoms. The lowest BCUT2D eigenvalue weighted by molar-refractivity contribution is -0.370. The molecule has 0 fully saturated rings. The van der Waals surface area contributed by atoms with Crippen LogP contribution >= 0.6 is 0 Å². The molecule has 118 valence electrons. The summed E-state index contributed by atoms with van der Waals surface area (Å²) < 4.78 is 10.2. The molecule has 0 aliphatic rings. The monoisotopic (exact) mass is 315 g/mol. The average molecular weight is 316 g/mol. The van der Waals surface area contributed by atoms with Crippen LogP contribution < -0.4 is 18.1 Å². The molecule has 0 saturated carbocycles. The Morgan fingerprint density at radius 2 is 1.52 bits per heavy atom. The first-order chi connectivity index (χ1) is 9.63. The predicted molar refractivity (Wildman–Crippen MR) is 73.8 cm³/mol. The van der Waals surface area contributed by atoms with Gasteiger partial charge in [-0.2, -0.15) is 0 Å². The van der Waals surface area contributed by atoms with Gasteiger partial charge in [-0.1, -0.05) is 30.3 Å². The second-order valence-electron chi connectivity index (χ2n) is 4.32. The third-order valence-electron chi connectivity index (χ3n) is 3.07. The lowest BCUT2D eigenvalue weighted by atomic mass is 9.77. The van der Waals surface area contributed by atoms with Gasteiger partial charge >= 0.3 is 11.9 Å². The van der Waals surface area contributed by atoms with Crippen LogP contribution in [0.25, 0.3) is 0 Å². The zero-order valence-corrected chi connectivity index (χ0v) is 13.2. The average Bonchev–Trinajstić information content (AvgIpc) is 2.46. The van der Waals surface area contributed by atoms with Crippen molar-refractivity contribution in [2.45, 2.75) is 25.7 Å². The number of halogens is 1. The van der Waals surface area contributed by atoms with Crippen LogP contribution in [0.15, 0.2) is 30.3 Å². The van der Waals surface area contributed by atoms with Crippen LogP contribution in [0.1, 0.15) is 25.8 Å². The van der Waals surface area contributed by atoms with Crippen molar-refractivity contribution >= 4 is 11.9 Å². The zero-order chi connectivity index (χ0) is 15.0. The predicted octanol–water partition coefficient (Wildman–Crippen LogP) is -2.31. The van der Waals surface area contributed by atoms with Crippen molar-refractivity contribution in [3.63, 3.8) is 0 Å². The fourth-order valence-corrected chi connectivity index (χ4v) is 2.16. The number of hydrogen-bond acceptors (Lipinski definition) is 4. The molecule has 6 heteroatoms. The summed E-state index contributed by atoms with van der Waals surface area (Å²) in [6.45, 7) is 4.27. The van der Waals surface area contributed by atoms with Crippen molar-refractivity contribution in [1.82, 2.24) is 0 Å². The highest BCUT2D eigenvalue weighted by atomic mass is 35.5. The summed E-state index contributed by atoms with van der Waals surface area (Å²) in [5, 5.41) is 0. The van der Waals surface area contributed by atoms with Crippen LogP contribution in [-0.4, -0.2) is 31.7 Å². The molecule has 0 saturated heterocycles. The van der Waals surface area contributed by atoms with Gasteiger partial charge in [0.1, 0.15) is 0 Å². The van der Waals surface area contributed by atoms with Crippen LogP contribution in [0.3, 0.4) is 0 Å². The minimum Gasteiger partial charge on any atom is -1.00 e.